The molecule has 1 aromatic carbocycles. The Labute approximate surface area is 131 Å². The van der Waals surface area contributed by atoms with E-state index in [2.05, 4.69) is 52.3 Å². The van der Waals surface area contributed by atoms with Crippen LogP contribution in [0.5, 0.6) is 0 Å². The van der Waals surface area contributed by atoms with Crippen LogP contribution in [0.4, 0.5) is 11.9 Å². The second-order valence-electron chi connectivity index (χ2n) is 6.13. The summed E-state index contributed by atoms with van der Waals surface area (Å²) in [5.74, 6) is 2.11. The molecule has 0 saturated carbocycles. The van der Waals surface area contributed by atoms with E-state index in [0.717, 1.165) is 25.1 Å². The van der Waals surface area contributed by atoms with Crippen molar-refractivity contribution in [1.82, 2.24) is 15.0 Å². The Hall–Kier alpha value is -2.17. The molecule has 1 aliphatic rings. The molecule has 2 aromatic rings. The van der Waals surface area contributed by atoms with Crippen LogP contribution < -0.4 is 11.1 Å². The third kappa shape index (κ3) is 2.89. The van der Waals surface area contributed by atoms with Gasteiger partial charge in [-0.3, -0.25) is 0 Å². The smallest absolute Gasteiger partial charge is 0.228 e. The number of nitrogens with zero attached hydrogens (tertiary/aromatic N) is 3. The summed E-state index contributed by atoms with van der Waals surface area (Å²) < 4.78 is 0. The number of nitrogens with two attached hydrogens (primary N) is 1. The van der Waals surface area contributed by atoms with E-state index in [9.17, 15) is 0 Å². The topological polar surface area (TPSA) is 76.7 Å². The first-order valence-corrected chi connectivity index (χ1v) is 7.93. The summed E-state index contributed by atoms with van der Waals surface area (Å²) in [7, 11) is 0. The highest BCUT2D eigenvalue weighted by Crippen LogP contribution is 2.36. The fourth-order valence-electron chi connectivity index (χ4n) is 3.13. The molecule has 0 aliphatic heterocycles. The minimum Gasteiger partial charge on any atom is -0.368 e. The van der Waals surface area contributed by atoms with Gasteiger partial charge in [-0.2, -0.15) is 15.0 Å². The van der Waals surface area contributed by atoms with Crippen molar-refractivity contribution < 1.29 is 0 Å². The quantitative estimate of drug-likeness (QED) is 0.910. The van der Waals surface area contributed by atoms with Crippen LogP contribution in [0.25, 0.3) is 0 Å². The molecule has 3 N–H and O–H groups in total. The first-order chi connectivity index (χ1) is 10.6. The maximum atomic E-state index is 5.79. The number of aryl methyl sites for hydroxylation is 3. The summed E-state index contributed by atoms with van der Waals surface area (Å²) in [6, 6.07) is 6.90. The second kappa shape index (κ2) is 5.91. The van der Waals surface area contributed by atoms with Crippen LogP contribution in [-0.2, 0) is 12.8 Å². The maximum absolute atomic E-state index is 5.79. The van der Waals surface area contributed by atoms with Crippen molar-refractivity contribution in [2.75, 3.05) is 11.1 Å². The number of fused-ring (bicyclic) bond motifs is 1. The Kier molecular flexibility index (Phi) is 3.96. The number of benzene rings is 1. The van der Waals surface area contributed by atoms with E-state index in [4.69, 9.17) is 5.73 Å². The van der Waals surface area contributed by atoms with Gasteiger partial charge in [0.15, 0.2) is 0 Å². The Balaban J connectivity index is 1.93. The van der Waals surface area contributed by atoms with Gasteiger partial charge in [-0.15, -0.1) is 0 Å². The molecule has 0 bridgehead atoms. The number of hydrogen-bond donors (Lipinski definition) is 2. The molecule has 116 valence electrons. The van der Waals surface area contributed by atoms with Crippen molar-refractivity contribution in [2.24, 2.45) is 5.92 Å². The molecular formula is C17H23N5. The molecule has 0 fully saturated rings. The molecule has 2 atom stereocenters. The predicted molar refractivity (Wildman–Crippen MR) is 88.6 cm³/mol. The van der Waals surface area contributed by atoms with Crippen molar-refractivity contribution in [3.8, 4) is 0 Å². The number of hydrogen-bond acceptors (Lipinski definition) is 5. The molecule has 0 spiro atoms. The largest absolute Gasteiger partial charge is 0.368 e. The Morgan fingerprint density at radius 3 is 2.86 bits per heavy atom. The van der Waals surface area contributed by atoms with Gasteiger partial charge in [0.05, 0.1) is 6.04 Å². The van der Waals surface area contributed by atoms with Gasteiger partial charge in [-0.05, 0) is 36.8 Å². The standard InChI is InChI=1S/C17H23N5/c1-4-14-19-16(18)22-17(20-14)21-15-11(3)6-7-12-9-10(2)5-8-13(12)15/h5,8-9,11,15H,4,6-7H2,1-3H3,(H3,18,19,20,21,22). The van der Waals surface area contributed by atoms with E-state index in [1.807, 2.05) is 6.92 Å². The zero-order valence-electron chi connectivity index (χ0n) is 13.4. The number of nitrogen functional groups attached to an aromatic ring is 1. The monoisotopic (exact) mass is 297 g/mol. The highest BCUT2D eigenvalue weighted by Gasteiger charge is 2.27. The minimum absolute atomic E-state index is 0.218. The zero-order chi connectivity index (χ0) is 15.7. The normalized spacial score (nSPS) is 20.5. The van der Waals surface area contributed by atoms with E-state index in [0.29, 0.717) is 11.9 Å². The molecular weight excluding hydrogens is 274 g/mol. The lowest BCUT2D eigenvalue weighted by molar-refractivity contribution is 0.432. The lowest BCUT2D eigenvalue weighted by Gasteiger charge is -2.32. The van der Waals surface area contributed by atoms with Crippen molar-refractivity contribution >= 4 is 11.9 Å². The van der Waals surface area contributed by atoms with E-state index >= 15 is 0 Å². The molecule has 3 rings (SSSR count). The molecule has 2 unspecified atom stereocenters. The van der Waals surface area contributed by atoms with Gasteiger partial charge in [0, 0.05) is 6.42 Å². The van der Waals surface area contributed by atoms with Crippen LogP contribution in [0.2, 0.25) is 0 Å². The first kappa shape index (κ1) is 14.8. The molecule has 5 heteroatoms. The summed E-state index contributed by atoms with van der Waals surface area (Å²) in [5, 5.41) is 3.48. The number of anilines is 2. The summed E-state index contributed by atoms with van der Waals surface area (Å²) in [4.78, 5) is 12.8. The van der Waals surface area contributed by atoms with Gasteiger partial charge < -0.3 is 11.1 Å². The van der Waals surface area contributed by atoms with Gasteiger partial charge >= 0.3 is 0 Å². The summed E-state index contributed by atoms with van der Waals surface area (Å²) in [6.07, 6.45) is 3.04. The van der Waals surface area contributed by atoms with Gasteiger partial charge in [0.25, 0.3) is 0 Å². The average Bonchev–Trinajstić information content (AvgIpc) is 2.49. The van der Waals surface area contributed by atoms with Gasteiger partial charge in [0.1, 0.15) is 5.82 Å². The van der Waals surface area contributed by atoms with Crippen LogP contribution in [0.15, 0.2) is 18.2 Å². The highest BCUT2D eigenvalue weighted by atomic mass is 15.2. The maximum Gasteiger partial charge on any atom is 0.228 e. The molecule has 0 radical (unpaired) electrons. The van der Waals surface area contributed by atoms with E-state index in [-0.39, 0.29) is 12.0 Å². The molecule has 0 amide bonds. The Bertz CT molecular complexity index is 683. The van der Waals surface area contributed by atoms with Crippen LogP contribution in [-0.4, -0.2) is 15.0 Å². The van der Waals surface area contributed by atoms with Gasteiger partial charge in [0.2, 0.25) is 11.9 Å². The van der Waals surface area contributed by atoms with Crippen molar-refractivity contribution in [3.05, 3.63) is 40.7 Å². The molecule has 22 heavy (non-hydrogen) atoms. The number of rotatable bonds is 3. The van der Waals surface area contributed by atoms with Crippen molar-refractivity contribution in [3.63, 3.8) is 0 Å². The van der Waals surface area contributed by atoms with Crippen LogP contribution >= 0.6 is 0 Å². The third-order valence-electron chi connectivity index (χ3n) is 4.37. The summed E-state index contributed by atoms with van der Waals surface area (Å²) in [6.45, 7) is 6.42. The molecule has 5 nitrogen and oxygen atoms in total. The second-order valence-corrected chi connectivity index (χ2v) is 6.13. The van der Waals surface area contributed by atoms with Crippen molar-refractivity contribution in [1.29, 1.82) is 0 Å². The fraction of sp³-hybridized carbons (Fsp3) is 0.471. The SMILES string of the molecule is CCc1nc(N)nc(NC2c3ccc(C)cc3CCC2C)n1. The Morgan fingerprint density at radius 1 is 1.27 bits per heavy atom. The molecule has 1 heterocycles. The number of aromatic nitrogens is 3. The lowest BCUT2D eigenvalue weighted by atomic mass is 9.80. The fourth-order valence-corrected chi connectivity index (χ4v) is 3.13. The Morgan fingerprint density at radius 2 is 2.09 bits per heavy atom. The van der Waals surface area contributed by atoms with Gasteiger partial charge in [-0.25, -0.2) is 0 Å². The zero-order valence-corrected chi connectivity index (χ0v) is 13.4. The highest BCUT2D eigenvalue weighted by molar-refractivity contribution is 5.42. The lowest BCUT2D eigenvalue weighted by Crippen LogP contribution is -2.26. The predicted octanol–water partition coefficient (Wildman–Crippen LogP) is 3.06. The minimum atomic E-state index is 0.218. The van der Waals surface area contributed by atoms with E-state index in [1.165, 1.54) is 16.7 Å². The molecule has 0 saturated heterocycles. The molecule has 1 aromatic heterocycles. The third-order valence-corrected chi connectivity index (χ3v) is 4.37. The first-order valence-electron chi connectivity index (χ1n) is 7.93. The van der Waals surface area contributed by atoms with E-state index < -0.39 is 0 Å². The van der Waals surface area contributed by atoms with Crippen LogP contribution in [0, 0.1) is 12.8 Å². The summed E-state index contributed by atoms with van der Waals surface area (Å²) >= 11 is 0. The van der Waals surface area contributed by atoms with E-state index in [1.54, 1.807) is 0 Å². The van der Waals surface area contributed by atoms with Crippen molar-refractivity contribution in [2.45, 2.75) is 46.1 Å². The number of nitrogens with one attached hydrogen (secondary N) is 1. The average molecular weight is 297 g/mol. The van der Waals surface area contributed by atoms with Crippen LogP contribution in [0.1, 0.15) is 48.8 Å². The summed E-state index contributed by atoms with van der Waals surface area (Å²) in [5.41, 5.74) is 9.87. The molecule has 1 aliphatic carbocycles. The van der Waals surface area contributed by atoms with Crippen LogP contribution in [0.3, 0.4) is 0 Å². The van der Waals surface area contributed by atoms with Gasteiger partial charge in [-0.1, -0.05) is 37.6 Å².